The maximum Gasteiger partial charge on any atom is 0.387 e. The Hall–Kier alpha value is -2.90. The van der Waals surface area contributed by atoms with Gasteiger partial charge < -0.3 is 19.3 Å². The zero-order chi connectivity index (χ0) is 18.5. The van der Waals surface area contributed by atoms with Crippen molar-refractivity contribution in [3.05, 3.63) is 48.3 Å². The quantitative estimate of drug-likeness (QED) is 0.815. The second-order valence-corrected chi connectivity index (χ2v) is 5.78. The number of H-pyrrole nitrogens is 1. The Kier molecular flexibility index (Phi) is 5.50. The van der Waals surface area contributed by atoms with Crippen molar-refractivity contribution in [3.8, 4) is 11.5 Å². The van der Waals surface area contributed by atoms with Crippen LogP contribution < -0.4 is 19.4 Å². The molecule has 6 nitrogen and oxygen atoms in total. The Morgan fingerprint density at radius 2 is 1.77 bits per heavy atom. The number of aromatic amines is 1. The first-order valence-corrected chi connectivity index (χ1v) is 8.21. The molecule has 26 heavy (non-hydrogen) atoms. The monoisotopic (exact) mass is 364 g/mol. The maximum atomic E-state index is 12.7. The molecule has 0 radical (unpaired) electrons. The number of hydrogen-bond donors (Lipinski definition) is 0. The minimum Gasteiger partial charge on any atom is -0.493 e. The summed E-state index contributed by atoms with van der Waals surface area (Å²) >= 11 is 0. The van der Waals surface area contributed by atoms with E-state index in [1.165, 1.54) is 25.3 Å². The second-order valence-electron chi connectivity index (χ2n) is 5.78. The smallest absolute Gasteiger partial charge is 0.387 e. The number of amides is 1. The SMILES string of the molecule is COc1cc(C(=O)N2CCN(c3cc[nH+]cc3)CC2)ccc1OC(F)F. The van der Waals surface area contributed by atoms with Crippen LogP contribution in [0.3, 0.4) is 0 Å². The van der Waals surface area contributed by atoms with Gasteiger partial charge in [0.15, 0.2) is 23.9 Å². The first kappa shape index (κ1) is 17.9. The van der Waals surface area contributed by atoms with Gasteiger partial charge in [0, 0.05) is 49.6 Å². The third-order valence-electron chi connectivity index (χ3n) is 4.26. The van der Waals surface area contributed by atoms with Crippen molar-refractivity contribution < 1.29 is 28.0 Å². The lowest BCUT2D eigenvalue weighted by Gasteiger charge is -2.35. The molecule has 8 heteroatoms. The van der Waals surface area contributed by atoms with Gasteiger partial charge in [0.25, 0.3) is 5.91 Å². The van der Waals surface area contributed by atoms with Crippen LogP contribution in [-0.4, -0.2) is 50.7 Å². The predicted octanol–water partition coefficient (Wildman–Crippen LogP) is 2.07. The molecule has 0 bridgehead atoms. The molecule has 1 aliphatic rings. The number of alkyl halides is 2. The highest BCUT2D eigenvalue weighted by Gasteiger charge is 2.23. The van der Waals surface area contributed by atoms with Crippen LogP contribution in [0.2, 0.25) is 0 Å². The normalized spacial score (nSPS) is 14.5. The van der Waals surface area contributed by atoms with Crippen LogP contribution in [0.5, 0.6) is 11.5 Å². The molecular formula is C18H20F2N3O3+. The highest BCUT2D eigenvalue weighted by molar-refractivity contribution is 5.95. The molecule has 0 unspecified atom stereocenters. The van der Waals surface area contributed by atoms with Crippen molar-refractivity contribution >= 4 is 11.6 Å². The number of ether oxygens (including phenoxy) is 2. The van der Waals surface area contributed by atoms with Crippen LogP contribution in [0.1, 0.15) is 10.4 Å². The molecule has 1 N–H and O–H groups in total. The van der Waals surface area contributed by atoms with Crippen LogP contribution in [0.4, 0.5) is 14.5 Å². The van der Waals surface area contributed by atoms with Gasteiger partial charge in [-0.3, -0.25) is 4.79 Å². The molecule has 1 fully saturated rings. The summed E-state index contributed by atoms with van der Waals surface area (Å²) in [5.41, 5.74) is 1.48. The Bertz CT molecular complexity index is 751. The Morgan fingerprint density at radius 1 is 1.08 bits per heavy atom. The number of carbonyl (C=O) groups is 1. The number of pyridine rings is 1. The molecule has 1 amide bonds. The molecule has 1 aromatic heterocycles. The predicted molar refractivity (Wildman–Crippen MR) is 90.7 cm³/mol. The molecule has 138 valence electrons. The third-order valence-corrected chi connectivity index (χ3v) is 4.26. The van der Waals surface area contributed by atoms with Gasteiger partial charge >= 0.3 is 6.61 Å². The molecule has 3 rings (SSSR count). The van der Waals surface area contributed by atoms with E-state index in [4.69, 9.17) is 4.74 Å². The Balaban J connectivity index is 1.66. The average Bonchev–Trinajstić information content (AvgIpc) is 2.68. The maximum absolute atomic E-state index is 12.7. The highest BCUT2D eigenvalue weighted by Crippen LogP contribution is 2.30. The van der Waals surface area contributed by atoms with Crippen molar-refractivity contribution in [1.82, 2.24) is 4.90 Å². The number of rotatable bonds is 5. The minimum atomic E-state index is -2.95. The largest absolute Gasteiger partial charge is 0.493 e. The highest BCUT2D eigenvalue weighted by atomic mass is 19.3. The van der Waals surface area contributed by atoms with E-state index in [1.807, 2.05) is 24.5 Å². The second kappa shape index (κ2) is 7.99. The number of nitrogens with zero attached hydrogens (tertiary/aromatic N) is 2. The summed E-state index contributed by atoms with van der Waals surface area (Å²) in [6.07, 6.45) is 3.73. The van der Waals surface area contributed by atoms with Gasteiger partial charge in [-0.1, -0.05) is 0 Å². The summed E-state index contributed by atoms with van der Waals surface area (Å²) in [6, 6.07) is 8.21. The molecule has 0 atom stereocenters. The molecule has 2 heterocycles. The fourth-order valence-electron chi connectivity index (χ4n) is 2.93. The summed E-state index contributed by atoms with van der Waals surface area (Å²) in [4.78, 5) is 19.6. The lowest BCUT2D eigenvalue weighted by Crippen LogP contribution is -2.48. The van der Waals surface area contributed by atoms with E-state index in [-0.39, 0.29) is 17.4 Å². The number of halogens is 2. The topological polar surface area (TPSA) is 56.2 Å². The molecule has 0 spiro atoms. The van der Waals surface area contributed by atoms with Crippen LogP contribution in [0, 0.1) is 0 Å². The first-order valence-electron chi connectivity index (χ1n) is 8.21. The van der Waals surface area contributed by atoms with Crippen LogP contribution in [-0.2, 0) is 0 Å². The minimum absolute atomic E-state index is 0.0928. The Morgan fingerprint density at radius 3 is 2.38 bits per heavy atom. The fraction of sp³-hybridized carbons (Fsp3) is 0.333. The summed E-state index contributed by atoms with van der Waals surface area (Å²) in [5, 5.41) is 0. The van der Waals surface area contributed by atoms with Gasteiger partial charge in [-0.15, -0.1) is 0 Å². The number of anilines is 1. The van der Waals surface area contributed by atoms with Gasteiger partial charge in [-0.2, -0.15) is 8.78 Å². The molecule has 0 saturated carbocycles. The van der Waals surface area contributed by atoms with Crippen LogP contribution >= 0.6 is 0 Å². The number of hydrogen-bond acceptors (Lipinski definition) is 4. The number of nitrogens with one attached hydrogen (secondary N) is 1. The van der Waals surface area contributed by atoms with Crippen molar-refractivity contribution in [2.45, 2.75) is 6.61 Å². The molecule has 1 aromatic carbocycles. The number of piperazine rings is 1. The fourth-order valence-corrected chi connectivity index (χ4v) is 2.93. The number of methoxy groups -OCH3 is 1. The molecule has 1 saturated heterocycles. The van der Waals surface area contributed by atoms with Gasteiger partial charge in [-0.05, 0) is 18.2 Å². The van der Waals surface area contributed by atoms with E-state index in [9.17, 15) is 13.6 Å². The van der Waals surface area contributed by atoms with E-state index in [0.717, 1.165) is 18.8 Å². The van der Waals surface area contributed by atoms with E-state index in [1.54, 1.807) is 4.90 Å². The lowest BCUT2D eigenvalue weighted by atomic mass is 10.1. The molecule has 1 aliphatic heterocycles. The van der Waals surface area contributed by atoms with Gasteiger partial charge in [0.05, 0.1) is 7.11 Å². The molecule has 0 aliphatic carbocycles. The van der Waals surface area contributed by atoms with E-state index >= 15 is 0 Å². The Labute approximate surface area is 149 Å². The van der Waals surface area contributed by atoms with E-state index < -0.39 is 6.61 Å². The molecular weight excluding hydrogens is 344 g/mol. The summed E-state index contributed by atoms with van der Waals surface area (Å²) in [6.45, 7) is -0.350. The van der Waals surface area contributed by atoms with Crippen molar-refractivity contribution in [2.24, 2.45) is 0 Å². The first-order chi connectivity index (χ1) is 12.6. The number of aromatic nitrogens is 1. The van der Waals surface area contributed by atoms with E-state index in [2.05, 4.69) is 14.6 Å². The van der Waals surface area contributed by atoms with Gasteiger partial charge in [-0.25, -0.2) is 4.98 Å². The summed E-state index contributed by atoms with van der Waals surface area (Å²) in [5.74, 6) is -0.145. The number of benzene rings is 1. The average molecular weight is 364 g/mol. The summed E-state index contributed by atoms with van der Waals surface area (Å²) in [7, 11) is 1.35. The van der Waals surface area contributed by atoms with Crippen molar-refractivity contribution in [1.29, 1.82) is 0 Å². The number of carbonyl (C=O) groups excluding carboxylic acids is 1. The van der Waals surface area contributed by atoms with E-state index in [0.29, 0.717) is 18.7 Å². The summed E-state index contributed by atoms with van der Waals surface area (Å²) < 4.78 is 34.3. The zero-order valence-electron chi connectivity index (χ0n) is 14.3. The van der Waals surface area contributed by atoms with Gasteiger partial charge in [0.1, 0.15) is 0 Å². The third kappa shape index (κ3) is 4.01. The van der Waals surface area contributed by atoms with Crippen molar-refractivity contribution in [2.75, 3.05) is 38.2 Å². The zero-order valence-corrected chi connectivity index (χ0v) is 14.3. The van der Waals surface area contributed by atoms with Crippen LogP contribution in [0.25, 0.3) is 0 Å². The van der Waals surface area contributed by atoms with Gasteiger partial charge in [0.2, 0.25) is 0 Å². The van der Waals surface area contributed by atoms with Crippen LogP contribution in [0.15, 0.2) is 42.7 Å². The standard InChI is InChI=1S/C18H19F2N3O3/c1-25-16-12-13(2-3-15(16)26-18(19)20)17(24)23-10-8-22(9-11-23)14-4-6-21-7-5-14/h2-7,12,18H,8-11H2,1H3/p+1. The van der Waals surface area contributed by atoms with Crippen molar-refractivity contribution in [3.63, 3.8) is 0 Å². The molecule has 2 aromatic rings. The lowest BCUT2D eigenvalue weighted by molar-refractivity contribution is -0.377.